The Morgan fingerprint density at radius 1 is 1.20 bits per heavy atom. The van der Waals surface area contributed by atoms with Gasteiger partial charge in [0.05, 0.1) is 5.52 Å². The predicted molar refractivity (Wildman–Crippen MR) is 82.7 cm³/mol. The summed E-state index contributed by atoms with van der Waals surface area (Å²) < 4.78 is 0. The standard InChI is InChI=1S/C16H21N3O/c1-11(15(20)19-16(2,3)4)18-14-9-10-17-13-8-6-5-7-12(13)14/h5-11H,1-4H3,(H,17,18)(H,19,20)/t11-/m1/s1. The Morgan fingerprint density at radius 3 is 2.60 bits per heavy atom. The molecule has 1 heterocycles. The highest BCUT2D eigenvalue weighted by Gasteiger charge is 2.19. The first-order chi connectivity index (χ1) is 9.37. The summed E-state index contributed by atoms with van der Waals surface area (Å²) in [7, 11) is 0. The van der Waals surface area contributed by atoms with Crippen molar-refractivity contribution in [3.8, 4) is 0 Å². The van der Waals surface area contributed by atoms with Crippen molar-refractivity contribution in [1.82, 2.24) is 10.3 Å². The normalized spacial score (nSPS) is 13.0. The molecule has 1 aromatic heterocycles. The van der Waals surface area contributed by atoms with Gasteiger partial charge in [0.25, 0.3) is 0 Å². The number of fused-ring (bicyclic) bond motifs is 1. The van der Waals surface area contributed by atoms with Gasteiger partial charge in [0, 0.05) is 22.8 Å². The van der Waals surface area contributed by atoms with Crippen molar-refractivity contribution in [2.45, 2.75) is 39.3 Å². The van der Waals surface area contributed by atoms with E-state index in [-0.39, 0.29) is 17.5 Å². The summed E-state index contributed by atoms with van der Waals surface area (Å²) in [6.45, 7) is 7.77. The van der Waals surface area contributed by atoms with Gasteiger partial charge in [-0.15, -0.1) is 0 Å². The van der Waals surface area contributed by atoms with Gasteiger partial charge in [-0.25, -0.2) is 0 Å². The van der Waals surface area contributed by atoms with Crippen LogP contribution < -0.4 is 10.6 Å². The van der Waals surface area contributed by atoms with E-state index in [0.717, 1.165) is 16.6 Å². The molecule has 2 aromatic rings. The van der Waals surface area contributed by atoms with Crippen LogP contribution in [0, 0.1) is 0 Å². The number of nitrogens with one attached hydrogen (secondary N) is 2. The van der Waals surface area contributed by atoms with Crippen LogP contribution >= 0.6 is 0 Å². The molecule has 2 N–H and O–H groups in total. The molecule has 106 valence electrons. The zero-order valence-electron chi connectivity index (χ0n) is 12.4. The number of nitrogens with zero attached hydrogens (tertiary/aromatic N) is 1. The topological polar surface area (TPSA) is 54.0 Å². The molecular formula is C16H21N3O. The Labute approximate surface area is 119 Å². The highest BCUT2D eigenvalue weighted by atomic mass is 16.2. The molecule has 1 aromatic carbocycles. The van der Waals surface area contributed by atoms with Crippen LogP contribution in [0.1, 0.15) is 27.7 Å². The lowest BCUT2D eigenvalue weighted by molar-refractivity contribution is -0.122. The number of rotatable bonds is 3. The Balaban J connectivity index is 2.18. The fraction of sp³-hybridized carbons (Fsp3) is 0.375. The summed E-state index contributed by atoms with van der Waals surface area (Å²) >= 11 is 0. The Morgan fingerprint density at radius 2 is 1.90 bits per heavy atom. The lowest BCUT2D eigenvalue weighted by Gasteiger charge is -2.24. The molecule has 4 heteroatoms. The van der Waals surface area contributed by atoms with E-state index in [9.17, 15) is 4.79 Å². The van der Waals surface area contributed by atoms with Crippen molar-refractivity contribution in [3.05, 3.63) is 36.5 Å². The molecule has 0 aliphatic heterocycles. The van der Waals surface area contributed by atoms with Crippen LogP contribution in [0.2, 0.25) is 0 Å². The fourth-order valence-corrected chi connectivity index (χ4v) is 2.00. The molecule has 20 heavy (non-hydrogen) atoms. The molecule has 0 spiro atoms. The van der Waals surface area contributed by atoms with Crippen LogP contribution in [0.5, 0.6) is 0 Å². The maximum Gasteiger partial charge on any atom is 0.242 e. The van der Waals surface area contributed by atoms with Crippen molar-refractivity contribution < 1.29 is 4.79 Å². The molecule has 0 saturated heterocycles. The molecule has 0 saturated carbocycles. The van der Waals surface area contributed by atoms with E-state index >= 15 is 0 Å². The summed E-state index contributed by atoms with van der Waals surface area (Å²) in [6, 6.07) is 9.46. The Hall–Kier alpha value is -2.10. The largest absolute Gasteiger partial charge is 0.373 e. The van der Waals surface area contributed by atoms with Crippen molar-refractivity contribution in [1.29, 1.82) is 0 Å². The third-order valence-electron chi connectivity index (χ3n) is 2.91. The van der Waals surface area contributed by atoms with Gasteiger partial charge in [-0.3, -0.25) is 9.78 Å². The predicted octanol–water partition coefficient (Wildman–Crippen LogP) is 2.95. The number of aromatic nitrogens is 1. The lowest BCUT2D eigenvalue weighted by Crippen LogP contribution is -2.47. The molecule has 1 amide bonds. The van der Waals surface area contributed by atoms with Crippen molar-refractivity contribution in [2.24, 2.45) is 0 Å². The van der Waals surface area contributed by atoms with Crippen LogP contribution in [0.4, 0.5) is 5.69 Å². The van der Waals surface area contributed by atoms with E-state index in [2.05, 4.69) is 15.6 Å². The molecule has 4 nitrogen and oxygen atoms in total. The summed E-state index contributed by atoms with van der Waals surface area (Å²) in [5.74, 6) is -0.0154. The summed E-state index contributed by atoms with van der Waals surface area (Å²) in [4.78, 5) is 16.4. The van der Waals surface area contributed by atoms with Crippen LogP contribution in [0.15, 0.2) is 36.5 Å². The van der Waals surface area contributed by atoms with E-state index in [1.165, 1.54) is 0 Å². The van der Waals surface area contributed by atoms with Gasteiger partial charge < -0.3 is 10.6 Å². The van der Waals surface area contributed by atoms with E-state index in [1.807, 2.05) is 58.0 Å². The van der Waals surface area contributed by atoms with Crippen molar-refractivity contribution in [2.75, 3.05) is 5.32 Å². The highest BCUT2D eigenvalue weighted by molar-refractivity contribution is 5.93. The van der Waals surface area contributed by atoms with Gasteiger partial charge in [0.1, 0.15) is 6.04 Å². The SMILES string of the molecule is C[C@@H](Nc1ccnc2ccccc12)C(=O)NC(C)(C)C. The minimum atomic E-state index is -0.306. The molecule has 0 unspecified atom stereocenters. The average Bonchev–Trinajstić information content (AvgIpc) is 2.37. The van der Waals surface area contributed by atoms with Crippen LogP contribution in [0.25, 0.3) is 10.9 Å². The van der Waals surface area contributed by atoms with E-state index in [4.69, 9.17) is 0 Å². The van der Waals surface area contributed by atoms with E-state index in [0.29, 0.717) is 0 Å². The van der Waals surface area contributed by atoms with Crippen LogP contribution in [-0.2, 0) is 4.79 Å². The third-order valence-corrected chi connectivity index (χ3v) is 2.91. The molecule has 0 aliphatic carbocycles. The third kappa shape index (κ3) is 3.47. The van der Waals surface area contributed by atoms with Crippen molar-refractivity contribution in [3.63, 3.8) is 0 Å². The highest BCUT2D eigenvalue weighted by Crippen LogP contribution is 2.21. The second kappa shape index (κ2) is 5.49. The van der Waals surface area contributed by atoms with Gasteiger partial charge in [-0.1, -0.05) is 18.2 Å². The first-order valence-corrected chi connectivity index (χ1v) is 6.79. The summed E-state index contributed by atoms with van der Waals surface area (Å²) in [5, 5.41) is 7.24. The Kier molecular flexibility index (Phi) is 3.93. The van der Waals surface area contributed by atoms with Crippen LogP contribution in [-0.4, -0.2) is 22.5 Å². The minimum absolute atomic E-state index is 0.0154. The first kappa shape index (κ1) is 14.3. The number of carbonyl (C=O) groups excluding carboxylic acids is 1. The molecule has 0 aliphatic rings. The molecule has 0 bridgehead atoms. The zero-order valence-corrected chi connectivity index (χ0v) is 12.4. The number of para-hydroxylation sites is 1. The number of carbonyl (C=O) groups is 1. The van der Waals surface area contributed by atoms with Gasteiger partial charge in [0.2, 0.25) is 5.91 Å². The van der Waals surface area contributed by atoms with Gasteiger partial charge >= 0.3 is 0 Å². The van der Waals surface area contributed by atoms with E-state index < -0.39 is 0 Å². The second-order valence-electron chi connectivity index (χ2n) is 5.98. The number of hydrogen-bond acceptors (Lipinski definition) is 3. The van der Waals surface area contributed by atoms with Gasteiger partial charge in [-0.2, -0.15) is 0 Å². The number of anilines is 1. The summed E-state index contributed by atoms with van der Waals surface area (Å²) in [5.41, 5.74) is 1.61. The number of benzene rings is 1. The smallest absolute Gasteiger partial charge is 0.242 e. The molecule has 1 atom stereocenters. The number of hydrogen-bond donors (Lipinski definition) is 2. The molecule has 0 fully saturated rings. The van der Waals surface area contributed by atoms with Crippen molar-refractivity contribution >= 4 is 22.5 Å². The minimum Gasteiger partial charge on any atom is -0.373 e. The van der Waals surface area contributed by atoms with E-state index in [1.54, 1.807) is 6.20 Å². The molecular weight excluding hydrogens is 250 g/mol. The quantitative estimate of drug-likeness (QED) is 0.902. The second-order valence-corrected chi connectivity index (χ2v) is 5.98. The zero-order chi connectivity index (χ0) is 14.8. The number of pyridine rings is 1. The van der Waals surface area contributed by atoms with Gasteiger partial charge in [-0.05, 0) is 39.8 Å². The maximum absolute atomic E-state index is 12.1. The fourth-order valence-electron chi connectivity index (χ4n) is 2.00. The van der Waals surface area contributed by atoms with Crippen LogP contribution in [0.3, 0.4) is 0 Å². The Bertz CT molecular complexity index is 611. The number of amides is 1. The molecule has 0 radical (unpaired) electrons. The summed E-state index contributed by atoms with van der Waals surface area (Å²) in [6.07, 6.45) is 1.75. The lowest BCUT2D eigenvalue weighted by atomic mass is 10.1. The average molecular weight is 271 g/mol. The maximum atomic E-state index is 12.1. The van der Waals surface area contributed by atoms with Gasteiger partial charge in [0.15, 0.2) is 0 Å². The molecule has 2 rings (SSSR count). The monoisotopic (exact) mass is 271 g/mol. The first-order valence-electron chi connectivity index (χ1n) is 6.79.